The molecule has 2 aliphatic rings. The second kappa shape index (κ2) is 8.72. The number of carbonyl (C=O) groups excluding carboxylic acids is 1. The van der Waals surface area contributed by atoms with Gasteiger partial charge in [0.1, 0.15) is 6.17 Å². The fourth-order valence-corrected chi connectivity index (χ4v) is 3.39. The number of alkyl halides is 1. The Morgan fingerprint density at radius 3 is 2.44 bits per heavy atom. The minimum absolute atomic E-state index is 0. The van der Waals surface area contributed by atoms with Crippen LogP contribution in [0.4, 0.5) is 4.39 Å². The highest BCUT2D eigenvalue weighted by Gasteiger charge is 2.33. The molecular weight excluding hydrogens is 347 g/mol. The molecular formula is C18H26ClFN2O3. The number of amides is 1. The molecule has 1 aromatic carbocycles. The molecule has 0 bridgehead atoms. The predicted molar refractivity (Wildman–Crippen MR) is 96.5 cm³/mol. The third-order valence-electron chi connectivity index (χ3n) is 4.56. The SMILES string of the molecule is CCOc1cc2c(cc1OCC)CN(C(=O)[C@H]1C[C@H](F)CN1)CC2.Cl. The van der Waals surface area contributed by atoms with E-state index in [9.17, 15) is 9.18 Å². The number of carbonyl (C=O) groups is 1. The van der Waals surface area contributed by atoms with Gasteiger partial charge in [-0.05, 0) is 43.5 Å². The fourth-order valence-electron chi connectivity index (χ4n) is 3.39. The Labute approximate surface area is 154 Å². The molecule has 5 nitrogen and oxygen atoms in total. The molecule has 1 aromatic rings. The number of nitrogens with zero attached hydrogens (tertiary/aromatic N) is 1. The average molecular weight is 373 g/mol. The van der Waals surface area contributed by atoms with E-state index in [1.54, 1.807) is 0 Å². The van der Waals surface area contributed by atoms with Crippen LogP contribution in [0, 0.1) is 0 Å². The summed E-state index contributed by atoms with van der Waals surface area (Å²) >= 11 is 0. The molecule has 2 heterocycles. The molecule has 3 rings (SSSR count). The Morgan fingerprint density at radius 1 is 1.24 bits per heavy atom. The zero-order chi connectivity index (χ0) is 17.1. The van der Waals surface area contributed by atoms with Crippen LogP contribution in [0.15, 0.2) is 12.1 Å². The number of halogens is 2. The summed E-state index contributed by atoms with van der Waals surface area (Å²) in [6.45, 7) is 6.49. The van der Waals surface area contributed by atoms with Crippen molar-refractivity contribution < 1.29 is 18.7 Å². The number of ether oxygens (including phenoxy) is 2. The molecule has 140 valence electrons. The van der Waals surface area contributed by atoms with Crippen LogP contribution in [0.3, 0.4) is 0 Å². The summed E-state index contributed by atoms with van der Waals surface area (Å²) in [5.74, 6) is 1.47. The zero-order valence-corrected chi connectivity index (χ0v) is 15.5. The highest BCUT2D eigenvalue weighted by atomic mass is 35.5. The summed E-state index contributed by atoms with van der Waals surface area (Å²) in [4.78, 5) is 14.4. The molecule has 1 saturated heterocycles. The number of hydrogen-bond donors (Lipinski definition) is 1. The fraction of sp³-hybridized carbons (Fsp3) is 0.611. The molecule has 2 atom stereocenters. The van der Waals surface area contributed by atoms with Crippen LogP contribution in [-0.2, 0) is 17.8 Å². The summed E-state index contributed by atoms with van der Waals surface area (Å²) in [7, 11) is 0. The molecule has 0 saturated carbocycles. The van der Waals surface area contributed by atoms with Crippen molar-refractivity contribution in [1.29, 1.82) is 0 Å². The summed E-state index contributed by atoms with van der Waals surface area (Å²) < 4.78 is 24.7. The number of hydrogen-bond acceptors (Lipinski definition) is 4. The average Bonchev–Trinajstić information content (AvgIpc) is 3.01. The van der Waals surface area contributed by atoms with Crippen molar-refractivity contribution in [3.8, 4) is 11.5 Å². The monoisotopic (exact) mass is 372 g/mol. The van der Waals surface area contributed by atoms with Gasteiger partial charge in [0.15, 0.2) is 11.5 Å². The normalized spacial score (nSPS) is 22.1. The lowest BCUT2D eigenvalue weighted by Crippen LogP contribution is -2.45. The van der Waals surface area contributed by atoms with Crippen molar-refractivity contribution in [2.45, 2.75) is 45.4 Å². The Balaban J connectivity index is 0.00000225. The smallest absolute Gasteiger partial charge is 0.240 e. The van der Waals surface area contributed by atoms with Gasteiger partial charge >= 0.3 is 0 Å². The highest BCUT2D eigenvalue weighted by molar-refractivity contribution is 5.85. The van der Waals surface area contributed by atoms with Gasteiger partial charge in [0, 0.05) is 26.1 Å². The van der Waals surface area contributed by atoms with E-state index in [0.717, 1.165) is 23.5 Å². The Hall–Kier alpha value is -1.53. The molecule has 0 spiro atoms. The third kappa shape index (κ3) is 4.36. The van der Waals surface area contributed by atoms with Crippen molar-refractivity contribution in [3.63, 3.8) is 0 Å². The van der Waals surface area contributed by atoms with E-state index in [-0.39, 0.29) is 31.3 Å². The van der Waals surface area contributed by atoms with Gasteiger partial charge in [-0.25, -0.2) is 4.39 Å². The van der Waals surface area contributed by atoms with Gasteiger partial charge in [-0.3, -0.25) is 4.79 Å². The quantitative estimate of drug-likeness (QED) is 0.862. The predicted octanol–water partition coefficient (Wildman–Crippen LogP) is 2.49. The molecule has 1 amide bonds. The van der Waals surface area contributed by atoms with Gasteiger partial charge in [-0.2, -0.15) is 0 Å². The van der Waals surface area contributed by atoms with Crippen molar-refractivity contribution >= 4 is 18.3 Å². The second-order valence-electron chi connectivity index (χ2n) is 6.24. The van der Waals surface area contributed by atoms with Crippen LogP contribution >= 0.6 is 12.4 Å². The molecule has 7 heteroatoms. The number of nitrogens with one attached hydrogen (secondary N) is 1. The van der Waals surface area contributed by atoms with E-state index in [0.29, 0.717) is 26.3 Å². The van der Waals surface area contributed by atoms with Crippen molar-refractivity contribution in [3.05, 3.63) is 23.3 Å². The van der Waals surface area contributed by atoms with Crippen LogP contribution in [0.1, 0.15) is 31.4 Å². The van der Waals surface area contributed by atoms with Gasteiger partial charge in [0.25, 0.3) is 0 Å². The lowest BCUT2D eigenvalue weighted by atomic mass is 9.98. The number of benzene rings is 1. The van der Waals surface area contributed by atoms with Crippen molar-refractivity contribution in [2.24, 2.45) is 0 Å². The summed E-state index contributed by atoms with van der Waals surface area (Å²) in [6, 6.07) is 3.61. The van der Waals surface area contributed by atoms with Crippen LogP contribution in [-0.4, -0.2) is 49.3 Å². The van der Waals surface area contributed by atoms with Gasteiger partial charge in [0.05, 0.1) is 19.3 Å². The van der Waals surface area contributed by atoms with Gasteiger partial charge in [-0.1, -0.05) is 0 Å². The molecule has 1 fully saturated rings. The van der Waals surface area contributed by atoms with Gasteiger partial charge in [-0.15, -0.1) is 12.4 Å². The van der Waals surface area contributed by atoms with E-state index in [2.05, 4.69) is 5.32 Å². The maximum absolute atomic E-state index is 13.3. The maximum atomic E-state index is 13.3. The minimum atomic E-state index is -0.922. The first-order valence-corrected chi connectivity index (χ1v) is 8.70. The molecule has 25 heavy (non-hydrogen) atoms. The standard InChI is InChI=1S/C18H25FN2O3.ClH/c1-3-23-16-7-12-5-6-21(11-13(12)8-17(16)24-4-2)18(22)15-9-14(19)10-20-15;/h7-8,14-15,20H,3-6,9-11H2,1-2H3;1H/t14-,15+;/m0./s1. The number of rotatable bonds is 5. The van der Waals surface area contributed by atoms with Crippen LogP contribution in [0.2, 0.25) is 0 Å². The van der Waals surface area contributed by atoms with Crippen LogP contribution < -0.4 is 14.8 Å². The van der Waals surface area contributed by atoms with Crippen molar-refractivity contribution in [1.82, 2.24) is 10.2 Å². The lowest BCUT2D eigenvalue weighted by molar-refractivity contribution is -0.134. The maximum Gasteiger partial charge on any atom is 0.240 e. The molecule has 0 unspecified atom stereocenters. The van der Waals surface area contributed by atoms with E-state index in [1.165, 1.54) is 5.56 Å². The first kappa shape index (κ1) is 19.8. The minimum Gasteiger partial charge on any atom is -0.490 e. The summed E-state index contributed by atoms with van der Waals surface area (Å²) in [5, 5.41) is 2.97. The van der Waals surface area contributed by atoms with Crippen molar-refractivity contribution in [2.75, 3.05) is 26.3 Å². The Bertz CT molecular complexity index is 614. The summed E-state index contributed by atoms with van der Waals surface area (Å²) in [6.07, 6.45) is 0.129. The molecule has 0 aromatic heterocycles. The Kier molecular flexibility index (Phi) is 6.90. The topological polar surface area (TPSA) is 50.8 Å². The van der Waals surface area contributed by atoms with E-state index < -0.39 is 12.2 Å². The van der Waals surface area contributed by atoms with Gasteiger partial charge in [0.2, 0.25) is 5.91 Å². The third-order valence-corrected chi connectivity index (χ3v) is 4.56. The first-order chi connectivity index (χ1) is 11.6. The first-order valence-electron chi connectivity index (χ1n) is 8.70. The second-order valence-corrected chi connectivity index (χ2v) is 6.24. The largest absolute Gasteiger partial charge is 0.490 e. The van der Waals surface area contributed by atoms with E-state index in [1.807, 2.05) is 30.9 Å². The van der Waals surface area contributed by atoms with E-state index in [4.69, 9.17) is 9.47 Å². The Morgan fingerprint density at radius 2 is 1.88 bits per heavy atom. The molecule has 0 aliphatic carbocycles. The molecule has 1 N–H and O–H groups in total. The zero-order valence-electron chi connectivity index (χ0n) is 14.7. The number of fused-ring (bicyclic) bond motifs is 1. The van der Waals surface area contributed by atoms with Crippen LogP contribution in [0.25, 0.3) is 0 Å². The summed E-state index contributed by atoms with van der Waals surface area (Å²) in [5.41, 5.74) is 2.27. The molecule has 0 radical (unpaired) electrons. The molecule has 2 aliphatic heterocycles. The highest BCUT2D eigenvalue weighted by Crippen LogP contribution is 2.34. The van der Waals surface area contributed by atoms with E-state index >= 15 is 0 Å². The lowest BCUT2D eigenvalue weighted by Gasteiger charge is -2.31. The van der Waals surface area contributed by atoms with Gasteiger partial charge < -0.3 is 19.7 Å². The van der Waals surface area contributed by atoms with Crippen LogP contribution in [0.5, 0.6) is 11.5 Å².